The molecule has 1 aliphatic rings. The molecular weight excluding hydrogens is 248 g/mol. The quantitative estimate of drug-likeness (QED) is 0.738. The normalized spacial score (nSPS) is 18.1. The molecule has 0 saturated carbocycles. The first-order valence-electron chi connectivity index (χ1n) is 7.92. The molecule has 1 atom stereocenters. The van der Waals surface area contributed by atoms with E-state index >= 15 is 0 Å². The van der Waals surface area contributed by atoms with Crippen molar-refractivity contribution in [3.63, 3.8) is 0 Å². The van der Waals surface area contributed by atoms with E-state index in [0.717, 1.165) is 39.4 Å². The van der Waals surface area contributed by atoms with Crippen molar-refractivity contribution in [1.82, 2.24) is 10.2 Å². The van der Waals surface area contributed by atoms with Gasteiger partial charge in [-0.25, -0.2) is 0 Å². The van der Waals surface area contributed by atoms with E-state index in [1.807, 2.05) is 0 Å². The fourth-order valence-corrected chi connectivity index (χ4v) is 2.63. The Kier molecular flexibility index (Phi) is 7.06. The van der Waals surface area contributed by atoms with Gasteiger partial charge < -0.3 is 10.1 Å². The number of nitrogens with one attached hydrogen (secondary N) is 1. The lowest BCUT2D eigenvalue weighted by molar-refractivity contribution is 0.0372. The molecule has 0 bridgehead atoms. The van der Waals surface area contributed by atoms with Gasteiger partial charge in [0.25, 0.3) is 0 Å². The fraction of sp³-hybridized carbons (Fsp3) is 0.647. The van der Waals surface area contributed by atoms with Crippen LogP contribution in [0.4, 0.5) is 0 Å². The molecule has 1 fully saturated rings. The van der Waals surface area contributed by atoms with Crippen molar-refractivity contribution in [2.45, 2.75) is 25.7 Å². The Balaban J connectivity index is 1.49. The van der Waals surface area contributed by atoms with Crippen LogP contribution in [0.25, 0.3) is 0 Å². The zero-order valence-corrected chi connectivity index (χ0v) is 12.7. The number of unbranched alkanes of at least 4 members (excludes halogenated alkanes) is 1. The average Bonchev–Trinajstić information content (AvgIpc) is 2.52. The highest BCUT2D eigenvalue weighted by Crippen LogP contribution is 2.12. The van der Waals surface area contributed by atoms with Crippen LogP contribution < -0.4 is 5.32 Å². The molecular formula is C17H28N2O. The third-order valence-electron chi connectivity index (χ3n) is 4.00. The third-order valence-corrected chi connectivity index (χ3v) is 4.00. The van der Waals surface area contributed by atoms with Crippen LogP contribution in [0, 0.1) is 0 Å². The Morgan fingerprint density at radius 2 is 1.90 bits per heavy atom. The fourth-order valence-electron chi connectivity index (χ4n) is 2.63. The van der Waals surface area contributed by atoms with Crippen LogP contribution in [0.1, 0.15) is 31.2 Å². The van der Waals surface area contributed by atoms with Crippen molar-refractivity contribution in [3.05, 3.63) is 35.9 Å². The van der Waals surface area contributed by atoms with Gasteiger partial charge in [0.2, 0.25) is 0 Å². The summed E-state index contributed by atoms with van der Waals surface area (Å²) in [6, 6.07) is 10.7. The smallest absolute Gasteiger partial charge is 0.0594 e. The standard InChI is InChI=1S/C17H28N2O/c1-16(17-7-3-2-4-8-17)15-18-9-5-6-10-19-11-13-20-14-12-19/h2-4,7-8,16,18H,5-6,9-15H2,1H3. The van der Waals surface area contributed by atoms with Gasteiger partial charge in [-0.15, -0.1) is 0 Å². The summed E-state index contributed by atoms with van der Waals surface area (Å²) in [5.41, 5.74) is 1.42. The van der Waals surface area contributed by atoms with Crippen LogP contribution >= 0.6 is 0 Å². The Morgan fingerprint density at radius 3 is 2.65 bits per heavy atom. The van der Waals surface area contributed by atoms with E-state index in [1.165, 1.54) is 24.9 Å². The lowest BCUT2D eigenvalue weighted by Crippen LogP contribution is -2.37. The second kappa shape index (κ2) is 9.11. The molecule has 0 spiro atoms. The summed E-state index contributed by atoms with van der Waals surface area (Å²) in [7, 11) is 0. The van der Waals surface area contributed by atoms with E-state index in [0.29, 0.717) is 5.92 Å². The van der Waals surface area contributed by atoms with E-state index in [9.17, 15) is 0 Å². The predicted octanol–water partition coefficient (Wildman–Crippen LogP) is 2.49. The minimum absolute atomic E-state index is 0.593. The van der Waals surface area contributed by atoms with Gasteiger partial charge in [-0.2, -0.15) is 0 Å². The van der Waals surface area contributed by atoms with E-state index in [2.05, 4.69) is 47.5 Å². The van der Waals surface area contributed by atoms with Crippen molar-refractivity contribution in [3.8, 4) is 0 Å². The predicted molar refractivity (Wildman–Crippen MR) is 84.2 cm³/mol. The first kappa shape index (κ1) is 15.5. The van der Waals surface area contributed by atoms with Crippen LogP contribution in [0.5, 0.6) is 0 Å². The topological polar surface area (TPSA) is 24.5 Å². The summed E-state index contributed by atoms with van der Waals surface area (Å²) in [6.07, 6.45) is 2.55. The third kappa shape index (κ3) is 5.61. The summed E-state index contributed by atoms with van der Waals surface area (Å²) >= 11 is 0. The average molecular weight is 276 g/mol. The molecule has 1 aromatic carbocycles. The number of ether oxygens (including phenoxy) is 1. The van der Waals surface area contributed by atoms with Crippen LogP contribution in [0.15, 0.2) is 30.3 Å². The van der Waals surface area contributed by atoms with Crippen LogP contribution in [-0.4, -0.2) is 50.8 Å². The molecule has 1 saturated heterocycles. The second-order valence-corrected chi connectivity index (χ2v) is 5.68. The Labute approximate surface area is 123 Å². The highest BCUT2D eigenvalue weighted by atomic mass is 16.5. The molecule has 0 aromatic heterocycles. The van der Waals surface area contributed by atoms with Gasteiger partial charge in [-0.1, -0.05) is 37.3 Å². The minimum atomic E-state index is 0.593. The summed E-state index contributed by atoms with van der Waals surface area (Å²) in [4.78, 5) is 2.51. The first-order chi connectivity index (χ1) is 9.86. The molecule has 1 N–H and O–H groups in total. The number of nitrogens with zero attached hydrogens (tertiary/aromatic N) is 1. The van der Waals surface area contributed by atoms with Crippen molar-refractivity contribution < 1.29 is 4.74 Å². The van der Waals surface area contributed by atoms with Crippen molar-refractivity contribution in [2.75, 3.05) is 45.9 Å². The van der Waals surface area contributed by atoms with Crippen LogP contribution in [0.3, 0.4) is 0 Å². The van der Waals surface area contributed by atoms with Gasteiger partial charge >= 0.3 is 0 Å². The summed E-state index contributed by atoms with van der Waals surface area (Å²) in [6.45, 7) is 9.75. The van der Waals surface area contributed by atoms with Crippen LogP contribution in [0.2, 0.25) is 0 Å². The number of benzene rings is 1. The molecule has 3 heteroatoms. The molecule has 1 aromatic rings. The molecule has 0 aliphatic carbocycles. The summed E-state index contributed by atoms with van der Waals surface area (Å²) in [5.74, 6) is 0.593. The zero-order chi connectivity index (χ0) is 14.0. The van der Waals surface area contributed by atoms with E-state index in [4.69, 9.17) is 4.74 Å². The molecule has 0 amide bonds. The SMILES string of the molecule is CC(CNCCCCN1CCOCC1)c1ccccc1. The molecule has 0 radical (unpaired) electrons. The van der Waals surface area contributed by atoms with Gasteiger partial charge in [-0.05, 0) is 37.4 Å². The van der Waals surface area contributed by atoms with Gasteiger partial charge in [0.1, 0.15) is 0 Å². The van der Waals surface area contributed by atoms with E-state index in [1.54, 1.807) is 0 Å². The maximum Gasteiger partial charge on any atom is 0.0594 e. The van der Waals surface area contributed by atoms with Crippen molar-refractivity contribution in [2.24, 2.45) is 0 Å². The number of morpholine rings is 1. The summed E-state index contributed by atoms with van der Waals surface area (Å²) in [5, 5.41) is 3.58. The van der Waals surface area contributed by atoms with Gasteiger partial charge in [0, 0.05) is 19.6 Å². The molecule has 2 rings (SSSR count). The molecule has 1 heterocycles. The molecule has 112 valence electrons. The Hall–Kier alpha value is -0.900. The minimum Gasteiger partial charge on any atom is -0.379 e. The molecule has 20 heavy (non-hydrogen) atoms. The molecule has 1 unspecified atom stereocenters. The Morgan fingerprint density at radius 1 is 1.15 bits per heavy atom. The largest absolute Gasteiger partial charge is 0.379 e. The monoisotopic (exact) mass is 276 g/mol. The Bertz CT molecular complexity index is 349. The maximum atomic E-state index is 5.36. The van der Waals surface area contributed by atoms with Gasteiger partial charge in [0.05, 0.1) is 13.2 Å². The number of hydrogen-bond acceptors (Lipinski definition) is 3. The lowest BCUT2D eigenvalue weighted by atomic mass is 10.0. The second-order valence-electron chi connectivity index (χ2n) is 5.68. The molecule has 1 aliphatic heterocycles. The highest BCUT2D eigenvalue weighted by Gasteiger charge is 2.09. The maximum absolute atomic E-state index is 5.36. The number of rotatable bonds is 8. The van der Waals surface area contributed by atoms with Crippen molar-refractivity contribution in [1.29, 1.82) is 0 Å². The van der Waals surface area contributed by atoms with E-state index < -0.39 is 0 Å². The van der Waals surface area contributed by atoms with Gasteiger partial charge in [-0.3, -0.25) is 4.90 Å². The first-order valence-corrected chi connectivity index (χ1v) is 7.92. The van der Waals surface area contributed by atoms with Crippen molar-refractivity contribution >= 4 is 0 Å². The molecule has 3 nitrogen and oxygen atoms in total. The zero-order valence-electron chi connectivity index (χ0n) is 12.7. The number of hydrogen-bond donors (Lipinski definition) is 1. The van der Waals surface area contributed by atoms with Gasteiger partial charge in [0.15, 0.2) is 0 Å². The van der Waals surface area contributed by atoms with Crippen LogP contribution in [-0.2, 0) is 4.74 Å². The van der Waals surface area contributed by atoms with E-state index in [-0.39, 0.29) is 0 Å². The lowest BCUT2D eigenvalue weighted by Gasteiger charge is -2.26. The summed E-state index contributed by atoms with van der Waals surface area (Å²) < 4.78 is 5.36. The highest BCUT2D eigenvalue weighted by molar-refractivity contribution is 5.18.